The van der Waals surface area contributed by atoms with Gasteiger partial charge in [0.05, 0.1) is 0 Å². The number of nitrogens with one attached hydrogen (secondary N) is 1. The van der Waals surface area contributed by atoms with E-state index in [0.29, 0.717) is 23.8 Å². The van der Waals surface area contributed by atoms with Crippen LogP contribution in [0.5, 0.6) is 0 Å². The summed E-state index contributed by atoms with van der Waals surface area (Å²) in [7, 11) is 0. The van der Waals surface area contributed by atoms with E-state index < -0.39 is 0 Å². The van der Waals surface area contributed by atoms with Crippen LogP contribution >= 0.6 is 0 Å². The fourth-order valence-corrected chi connectivity index (χ4v) is 3.64. The van der Waals surface area contributed by atoms with Gasteiger partial charge in [0.25, 0.3) is 0 Å². The van der Waals surface area contributed by atoms with E-state index in [1.54, 1.807) is 0 Å². The highest BCUT2D eigenvalue weighted by Crippen LogP contribution is 2.34. The average molecular weight is 238 g/mol. The van der Waals surface area contributed by atoms with Crippen LogP contribution in [0, 0.1) is 17.8 Å². The zero-order valence-corrected chi connectivity index (χ0v) is 10.5. The number of ether oxygens (including phenoxy) is 1. The van der Waals surface area contributed by atoms with Crippen LogP contribution in [0.1, 0.15) is 19.8 Å². The summed E-state index contributed by atoms with van der Waals surface area (Å²) in [6.07, 6.45) is 1.82. The first-order valence-electron chi connectivity index (χ1n) is 6.86. The number of fused-ring (bicyclic) bond motifs is 1. The highest BCUT2D eigenvalue weighted by Gasteiger charge is 2.44. The molecule has 0 aromatic rings. The second kappa shape index (κ2) is 4.58. The lowest BCUT2D eigenvalue weighted by molar-refractivity contribution is -0.139. The summed E-state index contributed by atoms with van der Waals surface area (Å²) in [4.78, 5) is 14.6. The van der Waals surface area contributed by atoms with E-state index in [1.165, 1.54) is 0 Å². The third-order valence-electron chi connectivity index (χ3n) is 4.79. The van der Waals surface area contributed by atoms with Crippen LogP contribution < -0.4 is 5.32 Å². The van der Waals surface area contributed by atoms with Crippen molar-refractivity contribution in [2.75, 3.05) is 32.8 Å². The van der Waals surface area contributed by atoms with Crippen molar-refractivity contribution in [3.63, 3.8) is 0 Å². The van der Waals surface area contributed by atoms with Gasteiger partial charge in [0.2, 0.25) is 5.91 Å². The number of carbonyl (C=O) groups is 1. The molecule has 96 valence electrons. The first kappa shape index (κ1) is 11.5. The van der Waals surface area contributed by atoms with E-state index in [-0.39, 0.29) is 5.92 Å². The predicted molar refractivity (Wildman–Crippen MR) is 64.6 cm³/mol. The molecule has 3 aliphatic rings. The lowest BCUT2D eigenvalue weighted by Gasteiger charge is -2.30. The van der Waals surface area contributed by atoms with Crippen molar-refractivity contribution >= 4 is 5.91 Å². The highest BCUT2D eigenvalue weighted by atomic mass is 16.5. The van der Waals surface area contributed by atoms with Gasteiger partial charge in [-0.15, -0.1) is 0 Å². The van der Waals surface area contributed by atoms with E-state index in [9.17, 15) is 4.79 Å². The summed E-state index contributed by atoms with van der Waals surface area (Å²) in [5.41, 5.74) is 0. The second-order valence-corrected chi connectivity index (χ2v) is 5.70. The van der Waals surface area contributed by atoms with Crippen LogP contribution in [0.4, 0.5) is 0 Å². The van der Waals surface area contributed by atoms with Gasteiger partial charge in [-0.3, -0.25) is 4.79 Å². The highest BCUT2D eigenvalue weighted by molar-refractivity contribution is 5.79. The van der Waals surface area contributed by atoms with Crippen LogP contribution in [-0.4, -0.2) is 49.7 Å². The van der Waals surface area contributed by atoms with Crippen LogP contribution in [-0.2, 0) is 9.53 Å². The van der Waals surface area contributed by atoms with Gasteiger partial charge in [0, 0.05) is 44.8 Å². The maximum Gasteiger partial charge on any atom is 0.226 e. The molecule has 3 unspecified atom stereocenters. The molecule has 3 rings (SSSR count). The number of amides is 1. The summed E-state index contributed by atoms with van der Waals surface area (Å²) < 4.78 is 5.33. The third-order valence-corrected chi connectivity index (χ3v) is 4.79. The lowest BCUT2D eigenvalue weighted by atomic mass is 9.95. The van der Waals surface area contributed by atoms with Crippen molar-refractivity contribution in [2.45, 2.75) is 25.8 Å². The summed E-state index contributed by atoms with van der Waals surface area (Å²) in [6, 6.07) is 0.422. The van der Waals surface area contributed by atoms with Crippen LogP contribution in [0.25, 0.3) is 0 Å². The van der Waals surface area contributed by atoms with Crippen molar-refractivity contribution in [2.24, 2.45) is 17.8 Å². The molecule has 0 saturated carbocycles. The Bertz CT molecular complexity index is 302. The standard InChI is InChI=1S/C13H22N2O2/c1-9-12-7-14-6-11(12)8-15(9)13(16)10-2-4-17-5-3-10/h9-12,14H,2-8H2,1H3. The van der Waals surface area contributed by atoms with Crippen LogP contribution in [0.15, 0.2) is 0 Å². The largest absolute Gasteiger partial charge is 0.381 e. The molecule has 3 saturated heterocycles. The second-order valence-electron chi connectivity index (χ2n) is 5.70. The van der Waals surface area contributed by atoms with Gasteiger partial charge in [-0.2, -0.15) is 0 Å². The first-order valence-corrected chi connectivity index (χ1v) is 6.86. The van der Waals surface area contributed by atoms with E-state index in [4.69, 9.17) is 4.74 Å². The Hall–Kier alpha value is -0.610. The summed E-state index contributed by atoms with van der Waals surface area (Å²) in [5, 5.41) is 3.44. The minimum atomic E-state index is 0.220. The Labute approximate surface area is 103 Å². The zero-order valence-electron chi connectivity index (χ0n) is 10.5. The van der Waals surface area contributed by atoms with Crippen molar-refractivity contribution in [1.82, 2.24) is 10.2 Å². The molecule has 0 radical (unpaired) electrons. The number of hydrogen-bond acceptors (Lipinski definition) is 3. The topological polar surface area (TPSA) is 41.6 Å². The number of nitrogens with zero attached hydrogens (tertiary/aromatic N) is 1. The fraction of sp³-hybridized carbons (Fsp3) is 0.923. The van der Waals surface area contributed by atoms with Crippen LogP contribution in [0.3, 0.4) is 0 Å². The number of hydrogen-bond donors (Lipinski definition) is 1. The monoisotopic (exact) mass is 238 g/mol. The maximum absolute atomic E-state index is 12.5. The minimum absolute atomic E-state index is 0.220. The molecular weight excluding hydrogens is 216 g/mol. The van der Waals surface area contributed by atoms with E-state index in [0.717, 1.165) is 45.7 Å². The third kappa shape index (κ3) is 1.97. The summed E-state index contributed by atoms with van der Waals surface area (Å²) >= 11 is 0. The van der Waals surface area contributed by atoms with Gasteiger partial charge in [0.15, 0.2) is 0 Å². The van der Waals surface area contributed by atoms with Gasteiger partial charge in [0.1, 0.15) is 0 Å². The molecule has 1 N–H and O–H groups in total. The van der Waals surface area contributed by atoms with Gasteiger partial charge >= 0.3 is 0 Å². The summed E-state index contributed by atoms with van der Waals surface area (Å²) in [5.74, 6) is 1.97. The maximum atomic E-state index is 12.5. The van der Waals surface area contributed by atoms with Crippen LogP contribution in [0.2, 0.25) is 0 Å². The molecule has 3 fully saturated rings. The average Bonchev–Trinajstić information content (AvgIpc) is 2.93. The van der Waals surface area contributed by atoms with Gasteiger partial charge in [-0.05, 0) is 31.6 Å². The Kier molecular flexibility index (Phi) is 3.09. The quantitative estimate of drug-likeness (QED) is 0.722. The molecule has 4 heteroatoms. The number of rotatable bonds is 1. The molecule has 0 aromatic carbocycles. The molecule has 3 atom stereocenters. The molecule has 3 aliphatic heterocycles. The Balaban J connectivity index is 1.66. The molecule has 0 aromatic heterocycles. The minimum Gasteiger partial charge on any atom is -0.381 e. The molecule has 1 amide bonds. The molecule has 0 aliphatic carbocycles. The van der Waals surface area contributed by atoms with Gasteiger partial charge < -0.3 is 15.0 Å². The first-order chi connectivity index (χ1) is 8.27. The number of likely N-dealkylation sites (tertiary alicyclic amines) is 1. The molecule has 4 nitrogen and oxygen atoms in total. The van der Waals surface area contributed by atoms with E-state index in [2.05, 4.69) is 17.1 Å². The van der Waals surface area contributed by atoms with Crippen molar-refractivity contribution in [3.05, 3.63) is 0 Å². The van der Waals surface area contributed by atoms with Gasteiger partial charge in [-0.25, -0.2) is 0 Å². The Morgan fingerprint density at radius 3 is 2.76 bits per heavy atom. The SMILES string of the molecule is CC1C2CNCC2CN1C(=O)C1CCOCC1. The lowest BCUT2D eigenvalue weighted by Crippen LogP contribution is -2.42. The molecule has 3 heterocycles. The normalized spacial score (nSPS) is 38.4. The summed E-state index contributed by atoms with van der Waals surface area (Å²) in [6.45, 7) is 6.87. The molecule has 0 spiro atoms. The van der Waals surface area contributed by atoms with Crippen molar-refractivity contribution < 1.29 is 9.53 Å². The molecule has 0 bridgehead atoms. The van der Waals surface area contributed by atoms with E-state index in [1.807, 2.05) is 0 Å². The van der Waals surface area contributed by atoms with E-state index >= 15 is 0 Å². The molecule has 17 heavy (non-hydrogen) atoms. The molecular formula is C13H22N2O2. The Morgan fingerprint density at radius 2 is 2.06 bits per heavy atom. The smallest absolute Gasteiger partial charge is 0.226 e. The number of carbonyl (C=O) groups excluding carboxylic acids is 1. The Morgan fingerprint density at radius 1 is 1.29 bits per heavy atom. The predicted octanol–water partition coefficient (Wildman–Crippen LogP) is 0.479. The van der Waals surface area contributed by atoms with Gasteiger partial charge in [-0.1, -0.05) is 0 Å². The zero-order chi connectivity index (χ0) is 11.8. The fourth-order valence-electron chi connectivity index (χ4n) is 3.64. The van der Waals surface area contributed by atoms with Crippen molar-refractivity contribution in [3.8, 4) is 0 Å². The van der Waals surface area contributed by atoms with Crippen molar-refractivity contribution in [1.29, 1.82) is 0 Å².